The molecule has 36 heavy (non-hydrogen) atoms. The van der Waals surface area contributed by atoms with Crippen molar-refractivity contribution in [3.05, 3.63) is 57.7 Å². The molecular formula is C23H23ClF2N4O5S. The number of nitriles is 1. The molecule has 0 aliphatic carbocycles. The minimum absolute atomic E-state index is 0.0322. The number of benzene rings is 1. The van der Waals surface area contributed by atoms with Crippen LogP contribution in [-0.2, 0) is 25.3 Å². The standard InChI is InChI=1S/C23H23ClF2N4O5S/c1-2-35-23(32)18-11-16(12-27)21(28-19(18)20(25)26)30-8-6-15(7-9-30)22(31)29-36(33,34)13-14-4-3-5-17(24)10-14/h3-5,10-11,15,20H,2,6-9,13H2,1H3,(H,29,31). The molecule has 0 spiro atoms. The van der Waals surface area contributed by atoms with E-state index in [9.17, 15) is 32.0 Å². The molecule has 1 amide bonds. The Labute approximate surface area is 212 Å². The zero-order chi connectivity index (χ0) is 26.5. The molecule has 1 saturated heterocycles. The summed E-state index contributed by atoms with van der Waals surface area (Å²) in [4.78, 5) is 30.1. The van der Waals surface area contributed by atoms with E-state index in [-0.39, 0.29) is 43.9 Å². The average molecular weight is 541 g/mol. The fourth-order valence-corrected chi connectivity index (χ4v) is 5.23. The summed E-state index contributed by atoms with van der Waals surface area (Å²) in [7, 11) is -3.96. The number of aromatic nitrogens is 1. The van der Waals surface area contributed by atoms with Gasteiger partial charge in [0.15, 0.2) is 0 Å². The van der Waals surface area contributed by atoms with E-state index in [1.165, 1.54) is 13.0 Å². The van der Waals surface area contributed by atoms with E-state index in [4.69, 9.17) is 16.3 Å². The first-order chi connectivity index (χ1) is 17.0. The number of piperidine rings is 1. The highest BCUT2D eigenvalue weighted by Gasteiger charge is 2.31. The normalized spacial score (nSPS) is 14.4. The van der Waals surface area contributed by atoms with Gasteiger partial charge in [-0.1, -0.05) is 23.7 Å². The first-order valence-electron chi connectivity index (χ1n) is 11.0. The summed E-state index contributed by atoms with van der Waals surface area (Å²) in [5.74, 6) is -2.77. The molecule has 1 aliphatic heterocycles. The summed E-state index contributed by atoms with van der Waals surface area (Å²) in [6.45, 7) is 1.82. The molecule has 2 heterocycles. The first kappa shape index (κ1) is 27.3. The third-order valence-corrected chi connectivity index (χ3v) is 6.98. The van der Waals surface area contributed by atoms with E-state index in [1.807, 2.05) is 6.07 Å². The van der Waals surface area contributed by atoms with Gasteiger partial charge in [-0.15, -0.1) is 0 Å². The largest absolute Gasteiger partial charge is 0.462 e. The predicted molar refractivity (Wildman–Crippen MR) is 127 cm³/mol. The van der Waals surface area contributed by atoms with Gasteiger partial charge in [0.05, 0.1) is 23.5 Å². The second-order valence-corrected chi connectivity index (χ2v) is 10.2. The van der Waals surface area contributed by atoms with Gasteiger partial charge in [0, 0.05) is 24.0 Å². The van der Waals surface area contributed by atoms with Crippen molar-refractivity contribution in [2.45, 2.75) is 31.9 Å². The molecule has 0 bridgehead atoms. The summed E-state index contributed by atoms with van der Waals surface area (Å²) >= 11 is 5.88. The summed E-state index contributed by atoms with van der Waals surface area (Å²) in [6.07, 6.45) is -2.67. The lowest BCUT2D eigenvalue weighted by atomic mass is 9.96. The van der Waals surface area contributed by atoms with Gasteiger partial charge in [-0.25, -0.2) is 27.0 Å². The molecule has 1 aromatic heterocycles. The number of pyridine rings is 1. The molecule has 0 unspecified atom stereocenters. The van der Waals surface area contributed by atoms with Crippen LogP contribution >= 0.6 is 11.6 Å². The Morgan fingerprint density at radius 2 is 2.00 bits per heavy atom. The lowest BCUT2D eigenvalue weighted by Gasteiger charge is -2.33. The van der Waals surface area contributed by atoms with E-state index in [1.54, 1.807) is 23.1 Å². The van der Waals surface area contributed by atoms with Crippen LogP contribution < -0.4 is 9.62 Å². The van der Waals surface area contributed by atoms with Crippen LogP contribution in [0.1, 0.15) is 53.4 Å². The van der Waals surface area contributed by atoms with Crippen LogP contribution in [0.4, 0.5) is 14.6 Å². The summed E-state index contributed by atoms with van der Waals surface area (Å²) in [5, 5.41) is 9.90. The van der Waals surface area contributed by atoms with Crippen LogP contribution in [-0.4, -0.2) is 45.0 Å². The number of nitrogens with one attached hydrogen (secondary N) is 1. The zero-order valence-corrected chi connectivity index (χ0v) is 20.8. The number of sulfonamides is 1. The summed E-state index contributed by atoms with van der Waals surface area (Å²) < 4.78 is 59.0. The molecule has 1 aliphatic rings. The van der Waals surface area contributed by atoms with Gasteiger partial charge < -0.3 is 9.64 Å². The maximum absolute atomic E-state index is 13.6. The van der Waals surface area contributed by atoms with E-state index < -0.39 is 51.3 Å². The monoisotopic (exact) mass is 540 g/mol. The Morgan fingerprint density at radius 3 is 2.58 bits per heavy atom. The molecule has 192 valence electrons. The third kappa shape index (κ3) is 6.67. The van der Waals surface area contributed by atoms with Gasteiger partial charge in [-0.2, -0.15) is 5.26 Å². The number of rotatable bonds is 8. The van der Waals surface area contributed by atoms with E-state index in [0.717, 1.165) is 6.07 Å². The number of hydrogen-bond donors (Lipinski definition) is 1. The highest BCUT2D eigenvalue weighted by molar-refractivity contribution is 7.89. The van der Waals surface area contributed by atoms with Gasteiger partial charge >= 0.3 is 5.97 Å². The highest BCUT2D eigenvalue weighted by Crippen LogP contribution is 2.30. The SMILES string of the molecule is CCOC(=O)c1cc(C#N)c(N2CCC(C(=O)NS(=O)(=O)Cc3cccc(Cl)c3)CC2)nc1C(F)F. The Balaban J connectivity index is 1.70. The number of amides is 1. The molecule has 1 aromatic carbocycles. The minimum atomic E-state index is -3.96. The number of halogens is 3. The highest BCUT2D eigenvalue weighted by atomic mass is 35.5. The Bertz CT molecular complexity index is 1290. The molecule has 3 rings (SSSR count). The summed E-state index contributed by atoms with van der Waals surface area (Å²) in [6, 6.07) is 9.17. The van der Waals surface area contributed by atoms with E-state index >= 15 is 0 Å². The molecule has 2 aromatic rings. The third-order valence-electron chi connectivity index (χ3n) is 5.52. The maximum atomic E-state index is 13.6. The smallest absolute Gasteiger partial charge is 0.340 e. The number of anilines is 1. The lowest BCUT2D eigenvalue weighted by molar-refractivity contribution is -0.123. The minimum Gasteiger partial charge on any atom is -0.462 e. The molecule has 9 nitrogen and oxygen atoms in total. The number of carbonyl (C=O) groups excluding carboxylic acids is 2. The molecule has 13 heteroatoms. The maximum Gasteiger partial charge on any atom is 0.340 e. The number of carbonyl (C=O) groups is 2. The number of ether oxygens (including phenoxy) is 1. The molecule has 1 N–H and O–H groups in total. The van der Waals surface area contributed by atoms with Crippen molar-refractivity contribution in [2.75, 3.05) is 24.6 Å². The molecule has 0 atom stereocenters. The number of nitrogens with zero attached hydrogens (tertiary/aromatic N) is 3. The van der Waals surface area contributed by atoms with Crippen LogP contribution in [0.3, 0.4) is 0 Å². The molecular weight excluding hydrogens is 518 g/mol. The fourth-order valence-electron chi connectivity index (χ4n) is 3.85. The van der Waals surface area contributed by atoms with Gasteiger partial charge in [-0.3, -0.25) is 9.52 Å². The second kappa shape index (κ2) is 11.6. The fraction of sp³-hybridized carbons (Fsp3) is 0.391. The van der Waals surface area contributed by atoms with Crippen LogP contribution in [0.2, 0.25) is 5.02 Å². The number of alkyl halides is 2. The lowest BCUT2D eigenvalue weighted by Crippen LogP contribution is -2.43. The van der Waals surface area contributed by atoms with Crippen molar-refractivity contribution in [2.24, 2.45) is 5.92 Å². The van der Waals surface area contributed by atoms with E-state index in [0.29, 0.717) is 10.6 Å². The number of hydrogen-bond acceptors (Lipinski definition) is 8. The first-order valence-corrected chi connectivity index (χ1v) is 13.0. The Hall–Kier alpha value is -3.30. The van der Waals surface area contributed by atoms with Crippen LogP contribution in [0.15, 0.2) is 30.3 Å². The Morgan fingerprint density at radius 1 is 1.31 bits per heavy atom. The zero-order valence-electron chi connectivity index (χ0n) is 19.2. The number of esters is 1. The summed E-state index contributed by atoms with van der Waals surface area (Å²) in [5.41, 5.74) is -0.941. The second-order valence-electron chi connectivity index (χ2n) is 8.04. The topological polar surface area (TPSA) is 129 Å². The van der Waals surface area contributed by atoms with Crippen LogP contribution in [0.5, 0.6) is 0 Å². The van der Waals surface area contributed by atoms with Crippen molar-refractivity contribution in [3.8, 4) is 6.07 Å². The van der Waals surface area contributed by atoms with Crippen molar-refractivity contribution < 1.29 is 31.5 Å². The Kier molecular flexibility index (Phi) is 8.81. The van der Waals surface area contributed by atoms with Crippen molar-refractivity contribution in [1.29, 1.82) is 5.26 Å². The predicted octanol–water partition coefficient (Wildman–Crippen LogP) is 3.58. The van der Waals surface area contributed by atoms with Crippen LogP contribution in [0.25, 0.3) is 0 Å². The molecule has 0 saturated carbocycles. The molecule has 1 fully saturated rings. The molecule has 0 radical (unpaired) electrons. The average Bonchev–Trinajstić information content (AvgIpc) is 2.82. The van der Waals surface area contributed by atoms with Gasteiger partial charge in [0.25, 0.3) is 6.43 Å². The van der Waals surface area contributed by atoms with Crippen LogP contribution in [0, 0.1) is 17.2 Å². The van der Waals surface area contributed by atoms with Crippen molar-refractivity contribution in [1.82, 2.24) is 9.71 Å². The van der Waals surface area contributed by atoms with E-state index in [2.05, 4.69) is 9.71 Å². The quantitative estimate of drug-likeness (QED) is 0.503. The van der Waals surface area contributed by atoms with Gasteiger partial charge in [0.1, 0.15) is 17.6 Å². The van der Waals surface area contributed by atoms with Gasteiger partial charge in [0.2, 0.25) is 15.9 Å². The van der Waals surface area contributed by atoms with Crippen molar-refractivity contribution >= 4 is 39.3 Å². The van der Waals surface area contributed by atoms with Crippen molar-refractivity contribution in [3.63, 3.8) is 0 Å². The van der Waals surface area contributed by atoms with Gasteiger partial charge in [-0.05, 0) is 43.5 Å².